The van der Waals surface area contributed by atoms with Gasteiger partial charge in [-0.25, -0.2) is 0 Å². The molecule has 6 rings (SSSR count). The van der Waals surface area contributed by atoms with Gasteiger partial charge in [0.1, 0.15) is 11.0 Å². The Balaban J connectivity index is 1.41. The van der Waals surface area contributed by atoms with Crippen molar-refractivity contribution in [3.05, 3.63) is 69.1 Å². The third kappa shape index (κ3) is 3.94. The number of hydrogen-bond acceptors (Lipinski definition) is 7. The van der Waals surface area contributed by atoms with E-state index in [1.165, 1.54) is 84.1 Å². The van der Waals surface area contributed by atoms with E-state index < -0.39 is 0 Å². The molecule has 0 amide bonds. The molecule has 176 valence electrons. The van der Waals surface area contributed by atoms with Crippen molar-refractivity contribution >= 4 is 68.1 Å². The smallest absolute Gasteiger partial charge is 0.113 e. The van der Waals surface area contributed by atoms with Crippen LogP contribution in [0, 0.1) is 41.5 Å². The molecule has 6 aromatic rings. The van der Waals surface area contributed by atoms with Crippen molar-refractivity contribution in [3.63, 3.8) is 0 Å². The summed E-state index contributed by atoms with van der Waals surface area (Å²) in [7, 11) is 0. The van der Waals surface area contributed by atoms with Gasteiger partial charge in [-0.15, -0.1) is 45.3 Å². The second kappa shape index (κ2) is 8.75. The lowest BCUT2D eigenvalue weighted by atomic mass is 10.1. The summed E-state index contributed by atoms with van der Waals surface area (Å²) >= 11 is 8.93. The highest BCUT2D eigenvalue weighted by Gasteiger charge is 2.20. The van der Waals surface area contributed by atoms with Crippen LogP contribution >= 0.6 is 57.1 Å². The van der Waals surface area contributed by atoms with Crippen LogP contribution in [0.3, 0.4) is 0 Å². The molecule has 35 heavy (non-hydrogen) atoms. The number of benzene rings is 1. The minimum Gasteiger partial charge on any atom is -0.173 e. The fraction of sp³-hybridized carbons (Fsp3) is 0.214. The quantitative estimate of drug-likeness (QED) is 0.219. The number of aromatic nitrogens is 2. The highest BCUT2D eigenvalue weighted by molar-refractivity contribution is 7.29. The number of thiophene rings is 4. The molecule has 7 heteroatoms. The van der Waals surface area contributed by atoms with Gasteiger partial charge in [0, 0.05) is 44.6 Å². The van der Waals surface area contributed by atoms with Crippen LogP contribution in [0.2, 0.25) is 0 Å². The molecule has 0 unspecified atom stereocenters. The highest BCUT2D eigenvalue weighted by atomic mass is 32.1. The summed E-state index contributed by atoms with van der Waals surface area (Å²) in [5.74, 6) is 0. The van der Waals surface area contributed by atoms with Gasteiger partial charge in [-0.05, 0) is 93.6 Å². The maximum absolute atomic E-state index is 4.61. The maximum Gasteiger partial charge on any atom is 0.113 e. The first-order valence-electron chi connectivity index (χ1n) is 11.4. The van der Waals surface area contributed by atoms with Crippen molar-refractivity contribution in [2.75, 3.05) is 0 Å². The van der Waals surface area contributed by atoms with E-state index in [0.29, 0.717) is 0 Å². The molecule has 0 N–H and O–H groups in total. The first kappa shape index (κ1) is 23.3. The number of hydrogen-bond donors (Lipinski definition) is 0. The number of aryl methyl sites for hydroxylation is 6. The second-order valence-corrected chi connectivity index (χ2v) is 14.1. The minimum absolute atomic E-state index is 1.02. The average Bonchev–Trinajstić information content (AvgIpc) is 3.61. The van der Waals surface area contributed by atoms with E-state index in [4.69, 9.17) is 0 Å². The zero-order valence-corrected chi connectivity index (χ0v) is 24.5. The Morgan fingerprint density at radius 2 is 1.00 bits per heavy atom. The third-order valence-corrected chi connectivity index (χ3v) is 12.3. The van der Waals surface area contributed by atoms with Crippen molar-refractivity contribution in [1.29, 1.82) is 0 Å². The van der Waals surface area contributed by atoms with Gasteiger partial charge in [0.25, 0.3) is 0 Å². The molecule has 0 atom stereocenters. The number of nitrogens with zero attached hydrogens (tertiary/aromatic N) is 2. The Kier molecular flexibility index (Phi) is 5.81. The molecule has 2 nitrogen and oxygen atoms in total. The van der Waals surface area contributed by atoms with Gasteiger partial charge in [-0.3, -0.25) is 0 Å². The molecule has 5 heterocycles. The Morgan fingerprint density at radius 1 is 0.486 bits per heavy atom. The summed E-state index contributed by atoms with van der Waals surface area (Å²) in [6, 6.07) is 13.7. The summed E-state index contributed by atoms with van der Waals surface area (Å²) in [4.78, 5) is 11.0. The molecule has 0 spiro atoms. The molecule has 0 aliphatic rings. The van der Waals surface area contributed by atoms with E-state index in [-0.39, 0.29) is 0 Å². The Hall–Kier alpha value is -2.16. The van der Waals surface area contributed by atoms with E-state index >= 15 is 0 Å². The molecular formula is C28H24N2S5. The standard InChI is InChI=1S/C28H24N2S5/c1-13-7-8-19(24-23(13)29-35-30-24)20-10-15(3)26(32-20)22-12-17(5)28(34-22)27-16(4)11-21(33-27)25-14(2)9-18(6)31-25/h7-12H,1-6H3. The van der Waals surface area contributed by atoms with Crippen molar-refractivity contribution in [2.24, 2.45) is 0 Å². The van der Waals surface area contributed by atoms with Gasteiger partial charge in [0.15, 0.2) is 0 Å². The molecule has 0 radical (unpaired) electrons. The van der Waals surface area contributed by atoms with Gasteiger partial charge in [-0.1, -0.05) is 12.1 Å². The van der Waals surface area contributed by atoms with Crippen LogP contribution in [0.15, 0.2) is 36.4 Å². The average molecular weight is 549 g/mol. The van der Waals surface area contributed by atoms with Gasteiger partial charge in [-0.2, -0.15) is 8.75 Å². The predicted molar refractivity (Wildman–Crippen MR) is 159 cm³/mol. The topological polar surface area (TPSA) is 25.8 Å². The van der Waals surface area contributed by atoms with Crippen LogP contribution in [-0.2, 0) is 0 Å². The summed E-state index contributed by atoms with van der Waals surface area (Å²) in [5, 5.41) is 0. The van der Waals surface area contributed by atoms with E-state index in [9.17, 15) is 0 Å². The molecular weight excluding hydrogens is 525 g/mol. The molecule has 0 saturated heterocycles. The zero-order chi connectivity index (χ0) is 24.4. The fourth-order valence-electron chi connectivity index (χ4n) is 4.57. The lowest BCUT2D eigenvalue weighted by Crippen LogP contribution is -1.81. The van der Waals surface area contributed by atoms with Crippen LogP contribution in [-0.4, -0.2) is 8.75 Å². The van der Waals surface area contributed by atoms with Gasteiger partial charge >= 0.3 is 0 Å². The van der Waals surface area contributed by atoms with Crippen LogP contribution in [0.25, 0.3) is 50.7 Å². The summed E-state index contributed by atoms with van der Waals surface area (Å²) in [6.07, 6.45) is 0. The minimum atomic E-state index is 1.02. The molecule has 0 fully saturated rings. The van der Waals surface area contributed by atoms with Crippen molar-refractivity contribution in [3.8, 4) is 39.7 Å². The maximum atomic E-state index is 4.61. The Morgan fingerprint density at radius 3 is 1.63 bits per heavy atom. The van der Waals surface area contributed by atoms with E-state index in [2.05, 4.69) is 86.7 Å². The van der Waals surface area contributed by atoms with Gasteiger partial charge in [0.05, 0.1) is 11.7 Å². The third-order valence-electron chi connectivity index (χ3n) is 6.33. The van der Waals surface area contributed by atoms with Crippen LogP contribution < -0.4 is 0 Å². The van der Waals surface area contributed by atoms with Crippen molar-refractivity contribution in [2.45, 2.75) is 41.5 Å². The second-order valence-electron chi connectivity index (χ2n) is 9.13. The van der Waals surface area contributed by atoms with Crippen molar-refractivity contribution in [1.82, 2.24) is 8.75 Å². The van der Waals surface area contributed by atoms with Gasteiger partial charge in [0.2, 0.25) is 0 Å². The summed E-state index contributed by atoms with van der Waals surface area (Å²) in [6.45, 7) is 13.3. The molecule has 1 aromatic carbocycles. The van der Waals surface area contributed by atoms with E-state index in [0.717, 1.165) is 11.0 Å². The van der Waals surface area contributed by atoms with Crippen LogP contribution in [0.4, 0.5) is 0 Å². The lowest BCUT2D eigenvalue weighted by molar-refractivity contribution is 1.48. The largest absolute Gasteiger partial charge is 0.173 e. The first-order valence-corrected chi connectivity index (χ1v) is 15.4. The first-order chi connectivity index (χ1) is 16.8. The number of fused-ring (bicyclic) bond motifs is 1. The zero-order valence-electron chi connectivity index (χ0n) is 20.4. The Bertz CT molecular complexity index is 1720. The van der Waals surface area contributed by atoms with Gasteiger partial charge < -0.3 is 0 Å². The van der Waals surface area contributed by atoms with E-state index in [1.807, 2.05) is 45.3 Å². The fourth-order valence-corrected chi connectivity index (χ4v) is 10.4. The molecule has 0 aliphatic carbocycles. The molecule has 5 aromatic heterocycles. The van der Waals surface area contributed by atoms with Crippen LogP contribution in [0.1, 0.15) is 32.7 Å². The van der Waals surface area contributed by atoms with Crippen molar-refractivity contribution < 1.29 is 0 Å². The molecule has 0 aliphatic heterocycles. The van der Waals surface area contributed by atoms with E-state index in [1.54, 1.807) is 0 Å². The molecule has 0 bridgehead atoms. The summed E-state index contributed by atoms with van der Waals surface area (Å²) in [5.41, 5.74) is 9.84. The Labute approximate surface area is 225 Å². The molecule has 0 saturated carbocycles. The summed E-state index contributed by atoms with van der Waals surface area (Å²) < 4.78 is 9.13. The number of rotatable bonds is 4. The van der Waals surface area contributed by atoms with Crippen LogP contribution in [0.5, 0.6) is 0 Å². The normalized spacial score (nSPS) is 11.7. The monoisotopic (exact) mass is 548 g/mol. The lowest BCUT2D eigenvalue weighted by Gasteiger charge is -2.00. The SMILES string of the molecule is Cc1cc(C)c(-c2cc(C)c(-c3sc(-c4sc(-c5ccc(C)c6nsnc56)cc4C)cc3C)s2)s1. The highest BCUT2D eigenvalue weighted by Crippen LogP contribution is 2.49. The predicted octanol–water partition coefficient (Wildman–Crippen LogP) is 10.5.